The molecule has 1 saturated carbocycles. The molecule has 2 rings (SSSR count). The maximum absolute atomic E-state index is 9.46. The number of aryl methyl sites for hydroxylation is 1. The Morgan fingerprint density at radius 1 is 1.29 bits per heavy atom. The van der Waals surface area contributed by atoms with Crippen molar-refractivity contribution in [2.75, 3.05) is 11.1 Å². The normalized spacial score (nSPS) is 24.6. The molecule has 1 aromatic rings. The highest BCUT2D eigenvalue weighted by molar-refractivity contribution is 14.1. The molecule has 1 aliphatic rings. The van der Waals surface area contributed by atoms with E-state index in [4.69, 9.17) is 5.73 Å². The van der Waals surface area contributed by atoms with Crippen molar-refractivity contribution in [3.8, 4) is 0 Å². The van der Waals surface area contributed by atoms with Crippen LogP contribution in [0.3, 0.4) is 0 Å². The summed E-state index contributed by atoms with van der Waals surface area (Å²) in [6, 6.07) is 0.376. The fourth-order valence-corrected chi connectivity index (χ4v) is 2.49. The standard InChI is InChI=1S/C11H17IN4O/c1-6-9(12)10(16-11(13)14-6)15-7-2-4-8(17)5-3-7/h7-8,17H,2-5H2,1H3,(H3,13,14,15,16)/t7-,8-. The van der Waals surface area contributed by atoms with Crippen LogP contribution in [0.5, 0.6) is 0 Å². The summed E-state index contributed by atoms with van der Waals surface area (Å²) in [6.45, 7) is 1.93. The van der Waals surface area contributed by atoms with E-state index in [2.05, 4.69) is 37.9 Å². The predicted molar refractivity (Wildman–Crippen MR) is 75.8 cm³/mol. The topological polar surface area (TPSA) is 84.1 Å². The number of aliphatic hydroxyl groups excluding tert-OH is 1. The molecular formula is C11H17IN4O. The van der Waals surface area contributed by atoms with Crippen molar-refractivity contribution in [1.29, 1.82) is 0 Å². The smallest absolute Gasteiger partial charge is 0.222 e. The van der Waals surface area contributed by atoms with Crippen molar-refractivity contribution < 1.29 is 5.11 Å². The Balaban J connectivity index is 2.08. The Kier molecular flexibility index (Phi) is 4.03. The molecule has 1 fully saturated rings. The van der Waals surface area contributed by atoms with Gasteiger partial charge in [-0.3, -0.25) is 0 Å². The fourth-order valence-electron chi connectivity index (χ4n) is 2.09. The number of nitrogen functional groups attached to an aromatic ring is 1. The van der Waals surface area contributed by atoms with Crippen LogP contribution in [0.2, 0.25) is 0 Å². The van der Waals surface area contributed by atoms with Crippen molar-refractivity contribution in [3.63, 3.8) is 0 Å². The lowest BCUT2D eigenvalue weighted by Crippen LogP contribution is -2.29. The molecule has 5 nitrogen and oxygen atoms in total. The molecule has 1 aromatic heterocycles. The molecule has 17 heavy (non-hydrogen) atoms. The number of hydrogen-bond acceptors (Lipinski definition) is 5. The van der Waals surface area contributed by atoms with Crippen LogP contribution in [0.25, 0.3) is 0 Å². The lowest BCUT2D eigenvalue weighted by atomic mass is 9.93. The van der Waals surface area contributed by atoms with Gasteiger partial charge >= 0.3 is 0 Å². The van der Waals surface area contributed by atoms with Crippen molar-refractivity contribution in [2.24, 2.45) is 0 Å². The van der Waals surface area contributed by atoms with Crippen LogP contribution in [0.1, 0.15) is 31.4 Å². The van der Waals surface area contributed by atoms with Gasteiger partial charge in [0, 0.05) is 6.04 Å². The Labute approximate surface area is 114 Å². The quantitative estimate of drug-likeness (QED) is 0.709. The summed E-state index contributed by atoms with van der Waals surface area (Å²) in [4.78, 5) is 8.35. The molecule has 1 aliphatic carbocycles. The number of nitrogens with one attached hydrogen (secondary N) is 1. The Hall–Kier alpha value is -0.630. The van der Waals surface area contributed by atoms with Crippen LogP contribution in [-0.4, -0.2) is 27.2 Å². The van der Waals surface area contributed by atoms with E-state index in [1.54, 1.807) is 0 Å². The minimum atomic E-state index is -0.135. The van der Waals surface area contributed by atoms with Crippen molar-refractivity contribution in [2.45, 2.75) is 44.8 Å². The largest absolute Gasteiger partial charge is 0.393 e. The van der Waals surface area contributed by atoms with E-state index in [9.17, 15) is 5.11 Å². The third kappa shape index (κ3) is 3.19. The minimum Gasteiger partial charge on any atom is -0.393 e. The van der Waals surface area contributed by atoms with Crippen molar-refractivity contribution in [1.82, 2.24) is 9.97 Å². The zero-order chi connectivity index (χ0) is 12.4. The molecule has 0 aromatic carbocycles. The van der Waals surface area contributed by atoms with Gasteiger partial charge < -0.3 is 16.2 Å². The van der Waals surface area contributed by atoms with Gasteiger partial charge in [0.15, 0.2) is 0 Å². The van der Waals surface area contributed by atoms with Crippen LogP contribution in [0.15, 0.2) is 0 Å². The first kappa shape index (κ1) is 12.8. The zero-order valence-corrected chi connectivity index (χ0v) is 11.9. The minimum absolute atomic E-state index is 0.135. The molecule has 0 amide bonds. The molecule has 94 valence electrons. The Morgan fingerprint density at radius 2 is 1.94 bits per heavy atom. The molecule has 0 aliphatic heterocycles. The maximum Gasteiger partial charge on any atom is 0.222 e. The van der Waals surface area contributed by atoms with Crippen LogP contribution >= 0.6 is 22.6 Å². The molecule has 0 saturated heterocycles. The zero-order valence-electron chi connectivity index (χ0n) is 9.78. The Morgan fingerprint density at radius 3 is 2.59 bits per heavy atom. The summed E-state index contributed by atoms with van der Waals surface area (Å²) >= 11 is 2.23. The van der Waals surface area contributed by atoms with Crippen LogP contribution < -0.4 is 11.1 Å². The number of halogens is 1. The number of rotatable bonds is 2. The van der Waals surface area contributed by atoms with Crippen LogP contribution in [0, 0.1) is 10.5 Å². The molecule has 0 radical (unpaired) electrons. The van der Waals surface area contributed by atoms with Gasteiger partial charge in [-0.1, -0.05) is 0 Å². The van der Waals surface area contributed by atoms with E-state index in [1.165, 1.54) is 0 Å². The number of hydrogen-bond donors (Lipinski definition) is 3. The first-order chi connectivity index (χ1) is 8.06. The van der Waals surface area contributed by atoms with E-state index in [0.717, 1.165) is 40.8 Å². The van der Waals surface area contributed by atoms with Gasteiger partial charge in [-0.25, -0.2) is 4.98 Å². The molecule has 0 bridgehead atoms. The molecule has 6 heteroatoms. The summed E-state index contributed by atoms with van der Waals surface area (Å²) in [5.74, 6) is 1.12. The number of nitrogens with zero attached hydrogens (tertiary/aromatic N) is 2. The Bertz CT molecular complexity index is 405. The van der Waals surface area contributed by atoms with Gasteiger partial charge in [0.2, 0.25) is 5.95 Å². The predicted octanol–water partition coefficient (Wildman–Crippen LogP) is 1.69. The van der Waals surface area contributed by atoms with Gasteiger partial charge in [0.05, 0.1) is 15.4 Å². The lowest BCUT2D eigenvalue weighted by Gasteiger charge is -2.27. The highest BCUT2D eigenvalue weighted by atomic mass is 127. The highest BCUT2D eigenvalue weighted by Gasteiger charge is 2.20. The van der Waals surface area contributed by atoms with Gasteiger partial charge in [0.25, 0.3) is 0 Å². The third-order valence-electron chi connectivity index (χ3n) is 3.07. The summed E-state index contributed by atoms with van der Waals surface area (Å²) < 4.78 is 1.02. The molecule has 1 heterocycles. The summed E-state index contributed by atoms with van der Waals surface area (Å²) in [6.07, 6.45) is 3.52. The highest BCUT2D eigenvalue weighted by Crippen LogP contribution is 2.25. The van der Waals surface area contributed by atoms with E-state index in [-0.39, 0.29) is 6.10 Å². The van der Waals surface area contributed by atoms with Gasteiger partial charge in [0.1, 0.15) is 5.82 Å². The van der Waals surface area contributed by atoms with Crippen molar-refractivity contribution >= 4 is 34.4 Å². The first-order valence-electron chi connectivity index (χ1n) is 5.80. The number of aliphatic hydroxyl groups is 1. The summed E-state index contributed by atoms with van der Waals surface area (Å²) in [7, 11) is 0. The second kappa shape index (κ2) is 5.34. The van der Waals surface area contributed by atoms with Gasteiger partial charge in [-0.2, -0.15) is 4.98 Å². The third-order valence-corrected chi connectivity index (χ3v) is 4.36. The van der Waals surface area contributed by atoms with Crippen LogP contribution in [-0.2, 0) is 0 Å². The van der Waals surface area contributed by atoms with E-state index in [0.29, 0.717) is 12.0 Å². The molecule has 0 spiro atoms. The number of nitrogens with two attached hydrogens (primary N) is 1. The van der Waals surface area contributed by atoms with E-state index in [1.807, 2.05) is 6.92 Å². The van der Waals surface area contributed by atoms with Crippen molar-refractivity contribution in [3.05, 3.63) is 9.26 Å². The monoisotopic (exact) mass is 348 g/mol. The molecule has 4 N–H and O–H groups in total. The number of aromatic nitrogens is 2. The molecule has 0 atom stereocenters. The SMILES string of the molecule is Cc1nc(N)nc(N[C@H]2CC[C@H](O)CC2)c1I. The summed E-state index contributed by atoms with van der Waals surface area (Å²) in [5.41, 5.74) is 6.55. The van der Waals surface area contributed by atoms with E-state index >= 15 is 0 Å². The van der Waals surface area contributed by atoms with Gasteiger partial charge in [-0.05, 0) is 55.2 Å². The first-order valence-corrected chi connectivity index (χ1v) is 6.88. The second-order valence-corrected chi connectivity index (χ2v) is 5.56. The summed E-state index contributed by atoms with van der Waals surface area (Å²) in [5, 5.41) is 12.9. The fraction of sp³-hybridized carbons (Fsp3) is 0.636. The van der Waals surface area contributed by atoms with Gasteiger partial charge in [-0.15, -0.1) is 0 Å². The number of anilines is 2. The second-order valence-electron chi connectivity index (χ2n) is 4.48. The average molecular weight is 348 g/mol. The van der Waals surface area contributed by atoms with E-state index < -0.39 is 0 Å². The molecule has 0 unspecified atom stereocenters. The van der Waals surface area contributed by atoms with Crippen LogP contribution in [0.4, 0.5) is 11.8 Å². The average Bonchev–Trinajstić information content (AvgIpc) is 2.28. The lowest BCUT2D eigenvalue weighted by molar-refractivity contribution is 0.126. The molecular weight excluding hydrogens is 331 g/mol. The maximum atomic E-state index is 9.46.